The van der Waals surface area contributed by atoms with Crippen LogP contribution in [0.1, 0.15) is 33.1 Å². The Morgan fingerprint density at radius 1 is 1.29 bits per heavy atom. The lowest BCUT2D eigenvalue weighted by atomic mass is 10.1. The van der Waals surface area contributed by atoms with E-state index in [2.05, 4.69) is 24.5 Å². The molecule has 1 unspecified atom stereocenters. The summed E-state index contributed by atoms with van der Waals surface area (Å²) >= 11 is 0. The van der Waals surface area contributed by atoms with Gasteiger partial charge in [-0.15, -0.1) is 0 Å². The molecule has 1 heterocycles. The number of anilines is 1. The molecule has 6 heteroatoms. The minimum atomic E-state index is -0.154. The van der Waals surface area contributed by atoms with E-state index >= 15 is 0 Å². The first-order valence-corrected chi connectivity index (χ1v) is 8.56. The molecule has 1 aromatic rings. The van der Waals surface area contributed by atoms with Crippen LogP contribution in [0.4, 0.5) is 10.5 Å². The summed E-state index contributed by atoms with van der Waals surface area (Å²) in [6, 6.07) is 7.50. The normalized spacial score (nSPS) is 17.2. The van der Waals surface area contributed by atoms with Crippen molar-refractivity contribution in [2.45, 2.75) is 39.2 Å². The van der Waals surface area contributed by atoms with Crippen LogP contribution < -0.4 is 20.3 Å². The largest absolute Gasteiger partial charge is 0.497 e. The van der Waals surface area contributed by atoms with E-state index in [0.717, 1.165) is 24.3 Å². The third-order valence-corrected chi connectivity index (χ3v) is 4.46. The Bertz CT molecular complexity index is 555. The van der Waals surface area contributed by atoms with Crippen LogP contribution in [0.5, 0.6) is 5.75 Å². The van der Waals surface area contributed by atoms with E-state index in [-0.39, 0.29) is 23.9 Å². The number of carbonyl (C=O) groups is 2. The Balaban J connectivity index is 1.84. The zero-order valence-electron chi connectivity index (χ0n) is 14.7. The molecule has 0 bridgehead atoms. The molecule has 1 aliphatic rings. The lowest BCUT2D eigenvalue weighted by molar-refractivity contribution is -0.117. The van der Waals surface area contributed by atoms with Gasteiger partial charge in [-0.2, -0.15) is 0 Å². The Labute approximate surface area is 143 Å². The van der Waals surface area contributed by atoms with E-state index in [9.17, 15) is 9.59 Å². The van der Waals surface area contributed by atoms with E-state index in [0.29, 0.717) is 19.5 Å². The summed E-state index contributed by atoms with van der Waals surface area (Å²) in [5.41, 5.74) is 0.866. The van der Waals surface area contributed by atoms with Crippen LogP contribution in [-0.4, -0.2) is 38.2 Å². The fourth-order valence-electron chi connectivity index (χ4n) is 2.90. The molecule has 0 aromatic heterocycles. The van der Waals surface area contributed by atoms with Crippen LogP contribution in [-0.2, 0) is 4.79 Å². The molecule has 0 saturated carbocycles. The van der Waals surface area contributed by atoms with E-state index < -0.39 is 0 Å². The van der Waals surface area contributed by atoms with Gasteiger partial charge in [-0.3, -0.25) is 4.79 Å². The molecule has 1 aliphatic heterocycles. The second-order valence-corrected chi connectivity index (χ2v) is 6.14. The second-order valence-electron chi connectivity index (χ2n) is 6.14. The highest BCUT2D eigenvalue weighted by Gasteiger charge is 2.30. The highest BCUT2D eigenvalue weighted by molar-refractivity contribution is 5.95. The first kappa shape index (κ1) is 18.1. The van der Waals surface area contributed by atoms with E-state index in [1.54, 1.807) is 12.0 Å². The third kappa shape index (κ3) is 4.63. The zero-order chi connectivity index (χ0) is 17.5. The molecule has 1 aromatic carbocycles. The Morgan fingerprint density at radius 3 is 2.54 bits per heavy atom. The molecule has 6 nitrogen and oxygen atoms in total. The van der Waals surface area contributed by atoms with Gasteiger partial charge in [-0.25, -0.2) is 4.79 Å². The molecule has 1 saturated heterocycles. The van der Waals surface area contributed by atoms with Crippen molar-refractivity contribution in [1.29, 1.82) is 0 Å². The van der Waals surface area contributed by atoms with Crippen molar-refractivity contribution in [3.63, 3.8) is 0 Å². The number of hydrogen-bond donors (Lipinski definition) is 2. The van der Waals surface area contributed by atoms with Crippen molar-refractivity contribution in [1.82, 2.24) is 10.6 Å². The van der Waals surface area contributed by atoms with Crippen molar-refractivity contribution < 1.29 is 14.3 Å². The monoisotopic (exact) mass is 333 g/mol. The molecule has 2 N–H and O–H groups in total. The molecule has 0 spiro atoms. The molecule has 1 fully saturated rings. The molecular formula is C18H27N3O3. The smallest absolute Gasteiger partial charge is 0.315 e. The summed E-state index contributed by atoms with van der Waals surface area (Å²) in [4.78, 5) is 25.9. The molecule has 1 atom stereocenters. The quantitative estimate of drug-likeness (QED) is 0.805. The lowest BCUT2D eigenvalue weighted by Crippen LogP contribution is -2.43. The number of benzene rings is 1. The van der Waals surface area contributed by atoms with Gasteiger partial charge in [-0.05, 0) is 37.1 Å². The molecule has 0 aliphatic carbocycles. The van der Waals surface area contributed by atoms with Gasteiger partial charge in [0.2, 0.25) is 5.91 Å². The van der Waals surface area contributed by atoms with Gasteiger partial charge in [0, 0.05) is 37.2 Å². The van der Waals surface area contributed by atoms with Gasteiger partial charge in [0.25, 0.3) is 0 Å². The van der Waals surface area contributed by atoms with Crippen LogP contribution in [0.3, 0.4) is 0 Å². The van der Waals surface area contributed by atoms with Crippen LogP contribution in [0, 0.1) is 5.92 Å². The number of rotatable bonds is 7. The van der Waals surface area contributed by atoms with Crippen LogP contribution >= 0.6 is 0 Å². The number of hydrogen-bond acceptors (Lipinski definition) is 3. The molecule has 132 valence electrons. The average Bonchev–Trinajstić information content (AvgIpc) is 2.98. The van der Waals surface area contributed by atoms with Crippen molar-refractivity contribution in [2.24, 2.45) is 5.92 Å². The Morgan fingerprint density at radius 2 is 1.96 bits per heavy atom. The average molecular weight is 333 g/mol. The lowest BCUT2D eigenvalue weighted by Gasteiger charge is -2.18. The number of nitrogens with one attached hydrogen (secondary N) is 2. The Hall–Kier alpha value is -2.24. The number of carbonyl (C=O) groups excluding carboxylic acids is 2. The highest BCUT2D eigenvalue weighted by atomic mass is 16.5. The maximum Gasteiger partial charge on any atom is 0.315 e. The minimum absolute atomic E-state index is 0.0902. The van der Waals surface area contributed by atoms with E-state index in [1.807, 2.05) is 24.3 Å². The topological polar surface area (TPSA) is 70.7 Å². The van der Waals surface area contributed by atoms with Gasteiger partial charge in [-0.1, -0.05) is 13.8 Å². The summed E-state index contributed by atoms with van der Waals surface area (Å²) in [6.07, 6.45) is 2.28. The van der Waals surface area contributed by atoms with Crippen LogP contribution in [0.15, 0.2) is 24.3 Å². The standard InChI is InChI=1S/C18H27N3O3/c1-4-14(5-2)20-18(23)19-11-13-10-17(22)21(12-13)15-6-8-16(24-3)9-7-15/h6-9,13-14H,4-5,10-12H2,1-3H3,(H2,19,20,23). The fraction of sp³-hybridized carbons (Fsp3) is 0.556. The summed E-state index contributed by atoms with van der Waals surface area (Å²) in [5, 5.41) is 5.83. The van der Waals surface area contributed by atoms with Crippen molar-refractivity contribution >= 4 is 17.6 Å². The van der Waals surface area contributed by atoms with Gasteiger partial charge in [0.15, 0.2) is 0 Å². The van der Waals surface area contributed by atoms with E-state index in [1.165, 1.54) is 0 Å². The fourth-order valence-corrected chi connectivity index (χ4v) is 2.90. The molecule has 24 heavy (non-hydrogen) atoms. The van der Waals surface area contributed by atoms with Gasteiger partial charge in [0.1, 0.15) is 5.75 Å². The number of methoxy groups -OCH3 is 1. The number of urea groups is 1. The van der Waals surface area contributed by atoms with Crippen molar-refractivity contribution in [2.75, 3.05) is 25.1 Å². The summed E-state index contributed by atoms with van der Waals surface area (Å²) in [7, 11) is 1.62. The molecular weight excluding hydrogens is 306 g/mol. The van der Waals surface area contributed by atoms with Gasteiger partial charge < -0.3 is 20.3 Å². The number of ether oxygens (including phenoxy) is 1. The second kappa shape index (κ2) is 8.57. The first-order chi connectivity index (χ1) is 11.6. The number of amides is 3. The van der Waals surface area contributed by atoms with Crippen molar-refractivity contribution in [3.8, 4) is 5.75 Å². The predicted octanol–water partition coefficient (Wildman–Crippen LogP) is 2.54. The van der Waals surface area contributed by atoms with Crippen LogP contribution in [0.25, 0.3) is 0 Å². The Kier molecular flexibility index (Phi) is 6.46. The number of nitrogens with zero attached hydrogens (tertiary/aromatic N) is 1. The predicted molar refractivity (Wildman–Crippen MR) is 94.4 cm³/mol. The van der Waals surface area contributed by atoms with Gasteiger partial charge >= 0.3 is 6.03 Å². The molecule has 2 rings (SSSR count). The summed E-state index contributed by atoms with van der Waals surface area (Å²) < 4.78 is 5.14. The van der Waals surface area contributed by atoms with Crippen molar-refractivity contribution in [3.05, 3.63) is 24.3 Å². The molecule has 0 radical (unpaired) electrons. The molecule has 3 amide bonds. The SMILES string of the molecule is CCC(CC)NC(=O)NCC1CC(=O)N(c2ccc(OC)cc2)C1. The van der Waals surface area contributed by atoms with E-state index in [4.69, 9.17) is 4.74 Å². The van der Waals surface area contributed by atoms with Gasteiger partial charge in [0.05, 0.1) is 7.11 Å². The summed E-state index contributed by atoms with van der Waals surface area (Å²) in [6.45, 7) is 5.23. The first-order valence-electron chi connectivity index (χ1n) is 8.56. The third-order valence-electron chi connectivity index (χ3n) is 4.46. The maximum atomic E-state index is 12.2. The minimum Gasteiger partial charge on any atom is -0.497 e. The zero-order valence-corrected chi connectivity index (χ0v) is 14.7. The summed E-state index contributed by atoms with van der Waals surface area (Å²) in [5.74, 6) is 0.987. The van der Waals surface area contributed by atoms with Crippen LogP contribution in [0.2, 0.25) is 0 Å². The highest BCUT2D eigenvalue weighted by Crippen LogP contribution is 2.26. The maximum absolute atomic E-state index is 12.2.